The molecule has 1 aliphatic rings. The third-order valence-corrected chi connectivity index (χ3v) is 5.66. The molecule has 2 aromatic carbocycles. The molecule has 1 heterocycles. The molecule has 28 heavy (non-hydrogen) atoms. The van der Waals surface area contributed by atoms with Crippen molar-refractivity contribution in [3.8, 4) is 11.5 Å². The lowest BCUT2D eigenvalue weighted by atomic mass is 10.1. The molecule has 1 saturated heterocycles. The minimum atomic E-state index is -0.391. The highest BCUT2D eigenvalue weighted by atomic mass is 127. The van der Waals surface area contributed by atoms with Crippen molar-refractivity contribution in [2.75, 3.05) is 18.6 Å². The predicted octanol–water partition coefficient (Wildman–Crippen LogP) is 5.76. The number of imide groups is 1. The van der Waals surface area contributed by atoms with Crippen LogP contribution in [0.1, 0.15) is 5.56 Å². The minimum absolute atomic E-state index is 0.322. The minimum Gasteiger partial charge on any atom is -0.493 e. The van der Waals surface area contributed by atoms with Crippen molar-refractivity contribution in [2.45, 2.75) is 0 Å². The van der Waals surface area contributed by atoms with Crippen molar-refractivity contribution >= 4 is 68.9 Å². The molecule has 0 unspecified atom stereocenters. The van der Waals surface area contributed by atoms with Crippen LogP contribution in [0.5, 0.6) is 11.5 Å². The lowest BCUT2D eigenvalue weighted by Gasteiger charge is -2.13. The average molecular weight is 528 g/mol. The number of carbonyl (C=O) groups excluding carboxylic acids is 2. The third-order valence-electron chi connectivity index (χ3n) is 3.76. The summed E-state index contributed by atoms with van der Waals surface area (Å²) < 4.78 is 11.9. The van der Waals surface area contributed by atoms with Crippen LogP contribution >= 0.6 is 46.0 Å². The van der Waals surface area contributed by atoms with Crippen LogP contribution in [0.2, 0.25) is 5.02 Å². The molecule has 8 heteroatoms. The normalized spacial score (nSPS) is 15.2. The molecule has 0 aromatic heterocycles. The molecule has 0 aliphatic carbocycles. The number of halogens is 2. The first-order chi connectivity index (χ1) is 13.4. The molecule has 1 aliphatic heterocycles. The highest BCUT2D eigenvalue weighted by Crippen LogP contribution is 2.39. The number of hydrogen-bond acceptors (Lipinski definition) is 5. The number of hydrogen-bond donors (Lipinski definition) is 0. The first-order valence-corrected chi connectivity index (χ1v) is 10.4. The maximum absolute atomic E-state index is 12.8. The van der Waals surface area contributed by atoms with Crippen molar-refractivity contribution in [3.63, 3.8) is 0 Å². The Morgan fingerprint density at radius 3 is 2.75 bits per heavy atom. The molecule has 1 fully saturated rings. The average Bonchev–Trinajstić information content (AvgIpc) is 2.93. The zero-order valence-electron chi connectivity index (χ0n) is 14.8. The van der Waals surface area contributed by atoms with E-state index in [0.29, 0.717) is 33.7 Å². The zero-order valence-corrected chi connectivity index (χ0v) is 18.5. The Morgan fingerprint density at radius 2 is 2.07 bits per heavy atom. The molecule has 0 bridgehead atoms. The number of ether oxygens (including phenoxy) is 2. The number of carbonyl (C=O) groups is 2. The summed E-state index contributed by atoms with van der Waals surface area (Å²) in [6.07, 6.45) is 3.31. The summed E-state index contributed by atoms with van der Waals surface area (Å²) in [7, 11) is 1.54. The van der Waals surface area contributed by atoms with Gasteiger partial charge in [-0.2, -0.15) is 0 Å². The molecule has 0 spiro atoms. The maximum Gasteiger partial charge on any atom is 0.298 e. The SMILES string of the molecule is C=CCOc1c(I)cc(/C=C2\SC(=O)N(c3cccc(Cl)c3)C2=O)cc1OC. The molecule has 3 rings (SSSR count). The van der Waals surface area contributed by atoms with Gasteiger partial charge in [-0.15, -0.1) is 0 Å². The molecule has 0 saturated carbocycles. The van der Waals surface area contributed by atoms with Crippen LogP contribution in [0.3, 0.4) is 0 Å². The van der Waals surface area contributed by atoms with Gasteiger partial charge in [0, 0.05) is 5.02 Å². The molecule has 144 valence electrons. The van der Waals surface area contributed by atoms with Gasteiger partial charge in [0.2, 0.25) is 0 Å². The number of benzene rings is 2. The second-order valence-corrected chi connectivity index (χ2v) is 8.22. The molecular formula is C20H15ClINO4S. The lowest BCUT2D eigenvalue weighted by molar-refractivity contribution is -0.113. The summed E-state index contributed by atoms with van der Waals surface area (Å²) in [6.45, 7) is 3.99. The van der Waals surface area contributed by atoms with Gasteiger partial charge in [0.05, 0.1) is 21.3 Å². The van der Waals surface area contributed by atoms with Crippen molar-refractivity contribution in [1.29, 1.82) is 0 Å². The number of thioether (sulfide) groups is 1. The van der Waals surface area contributed by atoms with E-state index in [2.05, 4.69) is 29.2 Å². The molecule has 0 N–H and O–H groups in total. The Morgan fingerprint density at radius 1 is 1.29 bits per heavy atom. The number of nitrogens with zero attached hydrogens (tertiary/aromatic N) is 1. The van der Waals surface area contributed by atoms with Crippen LogP contribution in [0.15, 0.2) is 54.0 Å². The summed E-state index contributed by atoms with van der Waals surface area (Å²) in [5.74, 6) is 0.750. The molecule has 2 amide bonds. The van der Waals surface area contributed by atoms with E-state index in [-0.39, 0.29) is 5.24 Å². The summed E-state index contributed by atoms with van der Waals surface area (Å²) in [5.41, 5.74) is 1.17. The first kappa shape index (κ1) is 20.8. The van der Waals surface area contributed by atoms with E-state index in [1.54, 1.807) is 49.6 Å². The van der Waals surface area contributed by atoms with Gasteiger partial charge in [-0.05, 0) is 76.3 Å². The van der Waals surface area contributed by atoms with E-state index in [4.69, 9.17) is 21.1 Å². The summed E-state index contributed by atoms with van der Waals surface area (Å²) in [5, 5.41) is 0.0843. The largest absolute Gasteiger partial charge is 0.493 e. The number of methoxy groups -OCH3 is 1. The fourth-order valence-electron chi connectivity index (χ4n) is 2.56. The van der Waals surface area contributed by atoms with Gasteiger partial charge in [0.25, 0.3) is 11.1 Å². The monoisotopic (exact) mass is 527 g/mol. The smallest absolute Gasteiger partial charge is 0.298 e. The first-order valence-electron chi connectivity index (χ1n) is 8.09. The van der Waals surface area contributed by atoms with Crippen molar-refractivity contribution < 1.29 is 19.1 Å². The van der Waals surface area contributed by atoms with Gasteiger partial charge in [-0.1, -0.05) is 30.3 Å². The van der Waals surface area contributed by atoms with Crippen molar-refractivity contribution in [3.05, 3.63) is 68.1 Å². The summed E-state index contributed by atoms with van der Waals surface area (Å²) in [4.78, 5) is 26.6. The highest BCUT2D eigenvalue weighted by molar-refractivity contribution is 14.1. The Hall–Kier alpha value is -1.97. The second-order valence-electron chi connectivity index (χ2n) is 5.63. The predicted molar refractivity (Wildman–Crippen MR) is 121 cm³/mol. The standard InChI is InChI=1S/C20H15ClINO4S/c1-3-7-27-18-15(22)8-12(9-16(18)26-2)10-17-19(24)23(20(25)28-17)14-6-4-5-13(21)11-14/h3-6,8-11H,1,7H2,2H3/b17-10-. The lowest BCUT2D eigenvalue weighted by Crippen LogP contribution is -2.27. The van der Waals surface area contributed by atoms with E-state index < -0.39 is 5.91 Å². The van der Waals surface area contributed by atoms with Gasteiger partial charge < -0.3 is 9.47 Å². The highest BCUT2D eigenvalue weighted by Gasteiger charge is 2.36. The Kier molecular flexibility index (Phi) is 6.69. The number of rotatable bonds is 6. The number of anilines is 1. The van der Waals surface area contributed by atoms with Gasteiger partial charge in [0.15, 0.2) is 11.5 Å². The van der Waals surface area contributed by atoms with Gasteiger partial charge in [0.1, 0.15) is 6.61 Å². The summed E-state index contributed by atoms with van der Waals surface area (Å²) >= 11 is 9.00. The van der Waals surface area contributed by atoms with E-state index >= 15 is 0 Å². The van der Waals surface area contributed by atoms with E-state index in [1.165, 1.54) is 0 Å². The van der Waals surface area contributed by atoms with E-state index in [1.807, 2.05) is 6.07 Å². The molecule has 0 radical (unpaired) electrons. The quantitative estimate of drug-likeness (QED) is 0.272. The topological polar surface area (TPSA) is 55.8 Å². The van der Waals surface area contributed by atoms with Gasteiger partial charge in [-0.25, -0.2) is 4.90 Å². The van der Waals surface area contributed by atoms with Crippen LogP contribution in [0.4, 0.5) is 10.5 Å². The van der Waals surface area contributed by atoms with Crippen LogP contribution in [-0.2, 0) is 4.79 Å². The molecule has 2 aromatic rings. The van der Waals surface area contributed by atoms with Crippen LogP contribution in [-0.4, -0.2) is 24.9 Å². The zero-order chi connectivity index (χ0) is 20.3. The molecular weight excluding hydrogens is 513 g/mol. The Balaban J connectivity index is 1.93. The van der Waals surface area contributed by atoms with Crippen LogP contribution in [0, 0.1) is 3.57 Å². The maximum atomic E-state index is 12.8. The molecule has 0 atom stereocenters. The van der Waals surface area contributed by atoms with Crippen LogP contribution in [0.25, 0.3) is 6.08 Å². The molecule has 5 nitrogen and oxygen atoms in total. The van der Waals surface area contributed by atoms with Crippen LogP contribution < -0.4 is 14.4 Å². The van der Waals surface area contributed by atoms with E-state index in [9.17, 15) is 9.59 Å². The van der Waals surface area contributed by atoms with Gasteiger partial charge in [-0.3, -0.25) is 9.59 Å². The second kappa shape index (κ2) is 9.02. The van der Waals surface area contributed by atoms with Gasteiger partial charge >= 0.3 is 0 Å². The third kappa shape index (κ3) is 4.37. The Labute approximate surface area is 185 Å². The van der Waals surface area contributed by atoms with Crippen molar-refractivity contribution in [2.24, 2.45) is 0 Å². The summed E-state index contributed by atoms with van der Waals surface area (Å²) in [6, 6.07) is 10.2. The van der Waals surface area contributed by atoms with E-state index in [0.717, 1.165) is 25.8 Å². The fraction of sp³-hybridized carbons (Fsp3) is 0.100. The number of amides is 2. The van der Waals surface area contributed by atoms with Crippen molar-refractivity contribution in [1.82, 2.24) is 0 Å². The fourth-order valence-corrected chi connectivity index (χ4v) is 4.37. The Bertz CT molecular complexity index is 992.